The van der Waals surface area contributed by atoms with Crippen molar-refractivity contribution in [3.8, 4) is 0 Å². The summed E-state index contributed by atoms with van der Waals surface area (Å²) < 4.78 is 6.71. The zero-order valence-corrected chi connectivity index (χ0v) is 15.2. The highest BCUT2D eigenvalue weighted by Gasteiger charge is 2.26. The summed E-state index contributed by atoms with van der Waals surface area (Å²) >= 11 is 0. The lowest BCUT2D eigenvalue weighted by atomic mass is 10.0. The number of rotatable bonds is 3. The second-order valence-corrected chi connectivity index (χ2v) is 7.21. The number of aromatic nitrogens is 2. The molecule has 0 bridgehead atoms. The van der Waals surface area contributed by atoms with E-state index in [0.29, 0.717) is 24.5 Å². The third-order valence-electron chi connectivity index (χ3n) is 5.39. The lowest BCUT2D eigenvalue weighted by Crippen LogP contribution is -2.39. The summed E-state index contributed by atoms with van der Waals surface area (Å²) in [6.45, 7) is 4.60. The molecule has 1 amide bonds. The van der Waals surface area contributed by atoms with Crippen LogP contribution in [-0.4, -0.2) is 53.1 Å². The van der Waals surface area contributed by atoms with Crippen LogP contribution >= 0.6 is 0 Å². The summed E-state index contributed by atoms with van der Waals surface area (Å²) in [6.07, 6.45) is 7.31. The molecule has 0 N–H and O–H groups in total. The first-order valence-corrected chi connectivity index (χ1v) is 9.54. The van der Waals surface area contributed by atoms with Crippen LogP contribution in [0.15, 0.2) is 9.90 Å². The number of hydrogen-bond donors (Lipinski definition) is 0. The fourth-order valence-electron chi connectivity index (χ4n) is 3.97. The van der Waals surface area contributed by atoms with Crippen molar-refractivity contribution in [3.63, 3.8) is 0 Å². The van der Waals surface area contributed by atoms with E-state index < -0.39 is 6.09 Å². The van der Waals surface area contributed by atoms with Crippen molar-refractivity contribution >= 4 is 18.1 Å². The molecular weight excluding hydrogens is 334 g/mol. The summed E-state index contributed by atoms with van der Waals surface area (Å²) in [4.78, 5) is 31.9. The van der Waals surface area contributed by atoms with Crippen LogP contribution in [0.3, 0.4) is 0 Å². The van der Waals surface area contributed by atoms with Gasteiger partial charge in [0.2, 0.25) is 0 Å². The van der Waals surface area contributed by atoms with E-state index in [1.807, 2.05) is 0 Å². The number of anilines is 1. The molecular formula is C18H25N5O3. The highest BCUT2D eigenvalue weighted by Crippen LogP contribution is 2.26. The first kappa shape index (κ1) is 17.1. The number of cyclic esters (lactones) is 1. The van der Waals surface area contributed by atoms with E-state index in [1.165, 1.54) is 17.6 Å². The number of fused-ring (bicyclic) bond motifs is 1. The summed E-state index contributed by atoms with van der Waals surface area (Å²) in [7, 11) is 0. The molecule has 4 heterocycles. The van der Waals surface area contributed by atoms with Gasteiger partial charge in [-0.15, -0.1) is 0 Å². The lowest BCUT2D eigenvalue weighted by molar-refractivity contribution is 0.159. The number of amides is 1. The van der Waals surface area contributed by atoms with Crippen LogP contribution in [0, 0.1) is 0 Å². The summed E-state index contributed by atoms with van der Waals surface area (Å²) in [5, 5.41) is 5.48. The van der Waals surface area contributed by atoms with Gasteiger partial charge in [0, 0.05) is 25.6 Å². The van der Waals surface area contributed by atoms with Crippen LogP contribution in [-0.2, 0) is 11.2 Å². The fraction of sp³-hybridized carbons (Fsp3) is 0.667. The molecule has 1 atom stereocenters. The van der Waals surface area contributed by atoms with Gasteiger partial charge in [0.05, 0.1) is 12.8 Å². The first-order valence-electron chi connectivity index (χ1n) is 9.54. The van der Waals surface area contributed by atoms with Crippen LogP contribution < -0.4 is 10.5 Å². The number of carbonyl (C=O) groups is 1. The molecule has 1 aromatic rings. The molecule has 140 valence electrons. The van der Waals surface area contributed by atoms with E-state index >= 15 is 0 Å². The van der Waals surface area contributed by atoms with Crippen LogP contribution in [0.25, 0.3) is 0 Å². The fourth-order valence-corrected chi connectivity index (χ4v) is 3.97. The molecule has 26 heavy (non-hydrogen) atoms. The standard InChI is InChI=1S/C18H25N5O3/c1-13-6-5-7-15-20-16(21-8-3-2-4-9-21)14(17(24)23(13)15)12-19-22-10-11-26-18(22)25/h12-13H,2-11H2,1H3/b19-12+. The Bertz CT molecular complexity index is 782. The minimum Gasteiger partial charge on any atom is -0.446 e. The van der Waals surface area contributed by atoms with Gasteiger partial charge in [-0.05, 0) is 39.0 Å². The molecule has 1 unspecified atom stereocenters. The first-order chi connectivity index (χ1) is 12.6. The second-order valence-electron chi connectivity index (χ2n) is 7.21. The summed E-state index contributed by atoms with van der Waals surface area (Å²) in [5.41, 5.74) is 0.420. The van der Waals surface area contributed by atoms with Gasteiger partial charge in [-0.25, -0.2) is 9.78 Å². The monoisotopic (exact) mass is 359 g/mol. The van der Waals surface area contributed by atoms with Crippen LogP contribution in [0.2, 0.25) is 0 Å². The number of hydrogen-bond acceptors (Lipinski definition) is 6. The maximum absolute atomic E-state index is 13.2. The lowest BCUT2D eigenvalue weighted by Gasteiger charge is -2.31. The zero-order chi connectivity index (χ0) is 18.1. The van der Waals surface area contributed by atoms with E-state index in [-0.39, 0.29) is 11.6 Å². The minimum atomic E-state index is -0.472. The minimum absolute atomic E-state index is 0.0564. The van der Waals surface area contributed by atoms with Crippen molar-refractivity contribution in [1.82, 2.24) is 14.6 Å². The van der Waals surface area contributed by atoms with Crippen LogP contribution in [0.5, 0.6) is 0 Å². The smallest absolute Gasteiger partial charge is 0.430 e. The highest BCUT2D eigenvalue weighted by atomic mass is 16.6. The van der Waals surface area contributed by atoms with E-state index in [0.717, 1.165) is 51.0 Å². The maximum Gasteiger partial charge on any atom is 0.430 e. The van der Waals surface area contributed by atoms with Crippen LogP contribution in [0.1, 0.15) is 56.5 Å². The van der Waals surface area contributed by atoms with Gasteiger partial charge in [0.1, 0.15) is 23.8 Å². The molecule has 0 saturated carbocycles. The number of hydrazone groups is 1. The molecule has 4 rings (SSSR count). The molecule has 0 aromatic carbocycles. The van der Waals surface area contributed by atoms with Gasteiger partial charge in [-0.2, -0.15) is 10.1 Å². The van der Waals surface area contributed by atoms with E-state index in [4.69, 9.17) is 9.72 Å². The van der Waals surface area contributed by atoms with Crippen molar-refractivity contribution in [2.45, 2.75) is 51.5 Å². The number of piperidine rings is 1. The molecule has 3 aliphatic heterocycles. The Labute approximate surface area is 152 Å². The Morgan fingerprint density at radius 3 is 2.69 bits per heavy atom. The summed E-state index contributed by atoms with van der Waals surface area (Å²) in [6, 6.07) is 0.137. The Morgan fingerprint density at radius 2 is 1.96 bits per heavy atom. The van der Waals surface area contributed by atoms with E-state index in [2.05, 4.69) is 16.9 Å². The van der Waals surface area contributed by atoms with Crippen molar-refractivity contribution in [2.24, 2.45) is 5.10 Å². The topological polar surface area (TPSA) is 80.0 Å². The quantitative estimate of drug-likeness (QED) is 0.770. The Kier molecular flexibility index (Phi) is 4.65. The normalized spacial score (nSPS) is 23.4. The largest absolute Gasteiger partial charge is 0.446 e. The van der Waals surface area contributed by atoms with E-state index in [9.17, 15) is 9.59 Å². The number of aryl methyl sites for hydroxylation is 1. The Hall–Kier alpha value is -2.38. The highest BCUT2D eigenvalue weighted by molar-refractivity contribution is 5.87. The predicted molar refractivity (Wildman–Crippen MR) is 97.9 cm³/mol. The zero-order valence-electron chi connectivity index (χ0n) is 15.2. The number of nitrogens with zero attached hydrogens (tertiary/aromatic N) is 5. The molecule has 2 fully saturated rings. The molecule has 2 saturated heterocycles. The van der Waals surface area contributed by atoms with E-state index in [1.54, 1.807) is 4.57 Å². The van der Waals surface area contributed by atoms with Gasteiger partial charge in [-0.1, -0.05) is 0 Å². The molecule has 8 nitrogen and oxygen atoms in total. The number of carbonyl (C=O) groups excluding carboxylic acids is 1. The SMILES string of the molecule is CC1CCCc2nc(N3CCCCC3)c(/C=N/N3CCOC3=O)c(=O)n21. The molecule has 0 spiro atoms. The average molecular weight is 359 g/mol. The average Bonchev–Trinajstić information content (AvgIpc) is 3.06. The third-order valence-corrected chi connectivity index (χ3v) is 5.39. The predicted octanol–water partition coefficient (Wildman–Crippen LogP) is 1.92. The van der Waals surface area contributed by atoms with Gasteiger partial charge in [0.15, 0.2) is 0 Å². The number of ether oxygens (including phenoxy) is 1. The molecule has 8 heteroatoms. The van der Waals surface area contributed by atoms with Crippen molar-refractivity contribution in [1.29, 1.82) is 0 Å². The van der Waals surface area contributed by atoms with Gasteiger partial charge in [-0.3, -0.25) is 9.36 Å². The molecule has 3 aliphatic rings. The van der Waals surface area contributed by atoms with Gasteiger partial charge in [0.25, 0.3) is 5.56 Å². The Balaban J connectivity index is 1.78. The van der Waals surface area contributed by atoms with Crippen molar-refractivity contribution in [2.75, 3.05) is 31.1 Å². The molecule has 0 aliphatic carbocycles. The van der Waals surface area contributed by atoms with Gasteiger partial charge >= 0.3 is 6.09 Å². The van der Waals surface area contributed by atoms with Crippen LogP contribution in [0.4, 0.5) is 10.6 Å². The summed E-state index contributed by atoms with van der Waals surface area (Å²) in [5.74, 6) is 1.58. The third kappa shape index (κ3) is 3.08. The molecule has 0 radical (unpaired) electrons. The van der Waals surface area contributed by atoms with Crippen molar-refractivity contribution in [3.05, 3.63) is 21.7 Å². The van der Waals surface area contributed by atoms with Gasteiger partial charge < -0.3 is 9.64 Å². The Morgan fingerprint density at radius 1 is 1.15 bits per heavy atom. The maximum atomic E-state index is 13.2. The second kappa shape index (κ2) is 7.09. The van der Waals surface area contributed by atoms with Crippen molar-refractivity contribution < 1.29 is 9.53 Å². The molecule has 1 aromatic heterocycles.